The summed E-state index contributed by atoms with van der Waals surface area (Å²) in [5.74, 6) is 0.208. The highest BCUT2D eigenvalue weighted by molar-refractivity contribution is 5.35. The molecule has 0 bridgehead atoms. The van der Waals surface area contributed by atoms with Crippen LogP contribution in [0.25, 0.3) is 0 Å². The lowest BCUT2D eigenvalue weighted by atomic mass is 10.1. The first-order valence-corrected chi connectivity index (χ1v) is 4.79. The summed E-state index contributed by atoms with van der Waals surface area (Å²) in [6.45, 7) is 4.20. The Balaban J connectivity index is 3.02. The van der Waals surface area contributed by atoms with Gasteiger partial charge in [0.2, 0.25) is 0 Å². The molecule has 1 aromatic rings. The van der Waals surface area contributed by atoms with Crippen LogP contribution in [0.3, 0.4) is 0 Å². The van der Waals surface area contributed by atoms with E-state index in [1.165, 1.54) is 12.1 Å². The minimum Gasteiger partial charge on any atom is -0.493 e. The summed E-state index contributed by atoms with van der Waals surface area (Å²) in [4.78, 5) is 0. The minimum atomic E-state index is -0.660. The average Bonchev–Trinajstić information content (AvgIpc) is 2.20. The number of benzene rings is 1. The van der Waals surface area contributed by atoms with Crippen LogP contribution >= 0.6 is 0 Å². The normalized spacial score (nSPS) is 12.6. The summed E-state index contributed by atoms with van der Waals surface area (Å²) in [6.07, 6.45) is -0.115. The highest BCUT2D eigenvalue weighted by Gasteiger charge is 2.12. The molecular formula is C11H15FO2. The number of aliphatic hydroxyl groups is 1. The Hall–Kier alpha value is -1.09. The van der Waals surface area contributed by atoms with E-state index in [2.05, 4.69) is 0 Å². The monoisotopic (exact) mass is 198 g/mol. The maximum atomic E-state index is 12.9. The minimum absolute atomic E-state index is 0.351. The molecule has 0 aliphatic rings. The molecule has 1 atom stereocenters. The standard InChI is InChI=1S/C11H15FO2/c1-3-10(13)9-7-8(12)5-6-11(9)14-4-2/h5-7,10,13H,3-4H2,1-2H3. The van der Waals surface area contributed by atoms with Crippen molar-refractivity contribution in [3.05, 3.63) is 29.6 Å². The smallest absolute Gasteiger partial charge is 0.125 e. The molecule has 0 saturated carbocycles. The zero-order chi connectivity index (χ0) is 10.6. The molecule has 0 heterocycles. The van der Waals surface area contributed by atoms with Gasteiger partial charge in [-0.05, 0) is 31.5 Å². The second kappa shape index (κ2) is 4.96. The average molecular weight is 198 g/mol. The number of aliphatic hydroxyl groups excluding tert-OH is 1. The first-order chi connectivity index (χ1) is 6.69. The fourth-order valence-corrected chi connectivity index (χ4v) is 1.29. The van der Waals surface area contributed by atoms with Gasteiger partial charge in [-0.2, -0.15) is 0 Å². The van der Waals surface area contributed by atoms with E-state index < -0.39 is 6.10 Å². The third-order valence-electron chi connectivity index (χ3n) is 2.02. The van der Waals surface area contributed by atoms with Crippen molar-refractivity contribution in [3.8, 4) is 5.75 Å². The van der Waals surface area contributed by atoms with Gasteiger partial charge in [-0.15, -0.1) is 0 Å². The van der Waals surface area contributed by atoms with Gasteiger partial charge in [0.1, 0.15) is 11.6 Å². The molecule has 0 aliphatic heterocycles. The van der Waals surface area contributed by atoms with Gasteiger partial charge in [0.25, 0.3) is 0 Å². The maximum absolute atomic E-state index is 12.9. The van der Waals surface area contributed by atoms with E-state index in [1.807, 2.05) is 13.8 Å². The molecule has 0 fully saturated rings. The maximum Gasteiger partial charge on any atom is 0.125 e. The molecule has 0 aliphatic carbocycles. The summed E-state index contributed by atoms with van der Waals surface area (Å²) in [6, 6.07) is 4.20. The van der Waals surface area contributed by atoms with E-state index in [-0.39, 0.29) is 5.82 Å². The summed E-state index contributed by atoms with van der Waals surface area (Å²) in [7, 11) is 0. The Morgan fingerprint density at radius 3 is 2.71 bits per heavy atom. The Kier molecular flexibility index (Phi) is 3.89. The van der Waals surface area contributed by atoms with E-state index in [9.17, 15) is 9.50 Å². The second-order valence-corrected chi connectivity index (χ2v) is 3.04. The molecule has 1 N–H and O–H groups in total. The van der Waals surface area contributed by atoms with Crippen molar-refractivity contribution in [2.45, 2.75) is 26.4 Å². The fourth-order valence-electron chi connectivity index (χ4n) is 1.29. The highest BCUT2D eigenvalue weighted by atomic mass is 19.1. The molecule has 1 rings (SSSR count). The van der Waals surface area contributed by atoms with Crippen molar-refractivity contribution in [1.82, 2.24) is 0 Å². The van der Waals surface area contributed by atoms with Gasteiger partial charge < -0.3 is 9.84 Å². The molecule has 0 spiro atoms. The summed E-state index contributed by atoms with van der Waals surface area (Å²) >= 11 is 0. The molecule has 0 aromatic heterocycles. The summed E-state index contributed by atoms with van der Waals surface area (Å²) in [5.41, 5.74) is 0.523. The van der Waals surface area contributed by atoms with Gasteiger partial charge in [0.15, 0.2) is 0 Å². The molecule has 0 radical (unpaired) electrons. The number of rotatable bonds is 4. The van der Waals surface area contributed by atoms with Crippen LogP contribution < -0.4 is 4.74 Å². The summed E-state index contributed by atoms with van der Waals surface area (Å²) < 4.78 is 18.2. The van der Waals surface area contributed by atoms with Gasteiger partial charge in [0, 0.05) is 5.56 Å². The Morgan fingerprint density at radius 2 is 2.14 bits per heavy atom. The zero-order valence-electron chi connectivity index (χ0n) is 8.46. The van der Waals surface area contributed by atoms with Crippen LogP contribution in [0.1, 0.15) is 31.9 Å². The SMILES string of the molecule is CCOc1ccc(F)cc1C(O)CC. The molecular weight excluding hydrogens is 183 g/mol. The van der Waals surface area contributed by atoms with Crippen LogP contribution in [-0.2, 0) is 0 Å². The number of ether oxygens (including phenoxy) is 1. The first kappa shape index (κ1) is 11.0. The third kappa shape index (κ3) is 2.45. The van der Waals surface area contributed by atoms with Crippen molar-refractivity contribution in [1.29, 1.82) is 0 Å². The topological polar surface area (TPSA) is 29.5 Å². The van der Waals surface area contributed by atoms with E-state index in [1.54, 1.807) is 6.07 Å². The van der Waals surface area contributed by atoms with E-state index >= 15 is 0 Å². The van der Waals surface area contributed by atoms with Crippen molar-refractivity contribution in [3.63, 3.8) is 0 Å². The first-order valence-electron chi connectivity index (χ1n) is 4.79. The second-order valence-electron chi connectivity index (χ2n) is 3.04. The predicted octanol–water partition coefficient (Wildman–Crippen LogP) is 2.67. The van der Waals surface area contributed by atoms with Crippen LogP contribution in [0.5, 0.6) is 5.75 Å². The molecule has 14 heavy (non-hydrogen) atoms. The Labute approximate surface area is 83.3 Å². The molecule has 3 heteroatoms. The molecule has 78 valence electrons. The Morgan fingerprint density at radius 1 is 1.43 bits per heavy atom. The molecule has 2 nitrogen and oxygen atoms in total. The van der Waals surface area contributed by atoms with Crippen LogP contribution in [0.4, 0.5) is 4.39 Å². The lowest BCUT2D eigenvalue weighted by Gasteiger charge is -2.14. The predicted molar refractivity (Wildman–Crippen MR) is 52.8 cm³/mol. The number of halogens is 1. The van der Waals surface area contributed by atoms with Crippen LogP contribution in [0.15, 0.2) is 18.2 Å². The molecule has 0 amide bonds. The van der Waals surface area contributed by atoms with Crippen molar-refractivity contribution >= 4 is 0 Å². The zero-order valence-corrected chi connectivity index (χ0v) is 8.46. The van der Waals surface area contributed by atoms with E-state index in [0.717, 1.165) is 0 Å². The van der Waals surface area contributed by atoms with Gasteiger partial charge in [-0.1, -0.05) is 6.92 Å². The van der Waals surface area contributed by atoms with Gasteiger partial charge in [-0.3, -0.25) is 0 Å². The van der Waals surface area contributed by atoms with Crippen LogP contribution in [-0.4, -0.2) is 11.7 Å². The molecule has 1 aromatic carbocycles. The van der Waals surface area contributed by atoms with Crippen molar-refractivity contribution < 1.29 is 14.2 Å². The van der Waals surface area contributed by atoms with Crippen LogP contribution in [0, 0.1) is 5.82 Å². The lowest BCUT2D eigenvalue weighted by molar-refractivity contribution is 0.167. The number of hydrogen-bond donors (Lipinski definition) is 1. The lowest BCUT2D eigenvalue weighted by Crippen LogP contribution is -2.02. The van der Waals surface area contributed by atoms with E-state index in [0.29, 0.717) is 24.3 Å². The quantitative estimate of drug-likeness (QED) is 0.806. The van der Waals surface area contributed by atoms with Gasteiger partial charge in [0.05, 0.1) is 12.7 Å². The largest absolute Gasteiger partial charge is 0.493 e. The van der Waals surface area contributed by atoms with E-state index in [4.69, 9.17) is 4.74 Å². The third-order valence-corrected chi connectivity index (χ3v) is 2.02. The van der Waals surface area contributed by atoms with Gasteiger partial charge in [-0.25, -0.2) is 4.39 Å². The Bertz CT molecular complexity index is 299. The molecule has 0 saturated heterocycles. The molecule has 1 unspecified atom stereocenters. The van der Waals surface area contributed by atoms with Gasteiger partial charge >= 0.3 is 0 Å². The number of hydrogen-bond acceptors (Lipinski definition) is 2. The van der Waals surface area contributed by atoms with Crippen molar-refractivity contribution in [2.24, 2.45) is 0 Å². The van der Waals surface area contributed by atoms with Crippen LogP contribution in [0.2, 0.25) is 0 Å². The highest BCUT2D eigenvalue weighted by Crippen LogP contribution is 2.27. The fraction of sp³-hybridized carbons (Fsp3) is 0.455. The summed E-state index contributed by atoms with van der Waals surface area (Å²) in [5, 5.41) is 9.61. The van der Waals surface area contributed by atoms with Crippen molar-refractivity contribution in [2.75, 3.05) is 6.61 Å².